The standard InChI is InChI=1S/C15H29NO2/c17-11-5-10-16(14-6-4-7-14)12-15(13-18)8-2-1-3-9-15/h14,17-18H,1-13H2. The van der Waals surface area contributed by atoms with E-state index in [2.05, 4.69) is 4.90 Å². The molecule has 0 aromatic heterocycles. The van der Waals surface area contributed by atoms with Gasteiger partial charge in [-0.25, -0.2) is 0 Å². The van der Waals surface area contributed by atoms with Gasteiger partial charge in [-0.15, -0.1) is 0 Å². The van der Waals surface area contributed by atoms with Crippen molar-refractivity contribution >= 4 is 0 Å². The van der Waals surface area contributed by atoms with Gasteiger partial charge in [0, 0.05) is 37.8 Å². The molecule has 0 radical (unpaired) electrons. The Morgan fingerprint density at radius 2 is 1.72 bits per heavy atom. The number of hydrogen-bond acceptors (Lipinski definition) is 3. The van der Waals surface area contributed by atoms with Crippen LogP contribution in [0.4, 0.5) is 0 Å². The molecule has 0 spiro atoms. The minimum atomic E-state index is 0.156. The SMILES string of the molecule is OCCCN(CC1(CO)CCCCC1)C1CCC1. The van der Waals surface area contributed by atoms with Gasteiger partial charge in [-0.1, -0.05) is 25.7 Å². The lowest BCUT2D eigenvalue weighted by molar-refractivity contribution is 0.00698. The van der Waals surface area contributed by atoms with Gasteiger partial charge < -0.3 is 10.2 Å². The molecule has 3 heteroatoms. The van der Waals surface area contributed by atoms with Crippen molar-refractivity contribution in [2.75, 3.05) is 26.3 Å². The van der Waals surface area contributed by atoms with Crippen LogP contribution in [0.3, 0.4) is 0 Å². The average molecular weight is 255 g/mol. The third-order valence-electron chi connectivity index (χ3n) is 4.98. The molecule has 0 heterocycles. The van der Waals surface area contributed by atoms with Crippen LogP contribution in [0.5, 0.6) is 0 Å². The quantitative estimate of drug-likeness (QED) is 0.733. The summed E-state index contributed by atoms with van der Waals surface area (Å²) in [5.41, 5.74) is 0.156. The first-order valence-corrected chi connectivity index (χ1v) is 7.75. The van der Waals surface area contributed by atoms with E-state index in [1.165, 1.54) is 51.4 Å². The van der Waals surface area contributed by atoms with E-state index in [1.807, 2.05) is 0 Å². The molecule has 2 aliphatic carbocycles. The number of rotatable bonds is 7. The van der Waals surface area contributed by atoms with Gasteiger partial charge in [0.15, 0.2) is 0 Å². The van der Waals surface area contributed by atoms with E-state index in [-0.39, 0.29) is 12.0 Å². The number of hydrogen-bond donors (Lipinski definition) is 2. The summed E-state index contributed by atoms with van der Waals surface area (Å²) in [7, 11) is 0. The van der Waals surface area contributed by atoms with Crippen LogP contribution >= 0.6 is 0 Å². The zero-order valence-electron chi connectivity index (χ0n) is 11.6. The maximum Gasteiger partial charge on any atom is 0.0499 e. The molecule has 0 amide bonds. The van der Waals surface area contributed by atoms with E-state index in [1.54, 1.807) is 0 Å². The van der Waals surface area contributed by atoms with Crippen LogP contribution < -0.4 is 0 Å². The molecule has 106 valence electrons. The second-order valence-corrected chi connectivity index (χ2v) is 6.35. The second kappa shape index (κ2) is 6.88. The topological polar surface area (TPSA) is 43.7 Å². The van der Waals surface area contributed by atoms with Gasteiger partial charge in [-0.2, -0.15) is 0 Å². The van der Waals surface area contributed by atoms with Crippen LogP contribution in [0.25, 0.3) is 0 Å². The largest absolute Gasteiger partial charge is 0.396 e. The van der Waals surface area contributed by atoms with E-state index in [0.29, 0.717) is 6.61 Å². The Hall–Kier alpha value is -0.120. The molecule has 0 aromatic rings. The first kappa shape index (κ1) is 14.3. The van der Waals surface area contributed by atoms with Crippen molar-refractivity contribution in [2.24, 2.45) is 5.41 Å². The summed E-state index contributed by atoms with van der Waals surface area (Å²) < 4.78 is 0. The molecular formula is C15H29NO2. The molecule has 0 saturated heterocycles. The molecule has 2 rings (SSSR count). The lowest BCUT2D eigenvalue weighted by atomic mass is 9.73. The molecule has 0 atom stereocenters. The maximum atomic E-state index is 9.81. The van der Waals surface area contributed by atoms with Crippen LogP contribution in [-0.4, -0.2) is 47.5 Å². The van der Waals surface area contributed by atoms with E-state index in [4.69, 9.17) is 5.11 Å². The van der Waals surface area contributed by atoms with E-state index < -0.39 is 0 Å². The molecule has 2 N–H and O–H groups in total. The summed E-state index contributed by atoms with van der Waals surface area (Å²) in [6.07, 6.45) is 11.1. The third-order valence-corrected chi connectivity index (χ3v) is 4.98. The van der Waals surface area contributed by atoms with Crippen LogP contribution in [0, 0.1) is 5.41 Å². The Bertz CT molecular complexity index is 235. The van der Waals surface area contributed by atoms with Crippen molar-refractivity contribution in [2.45, 2.75) is 63.8 Å². The summed E-state index contributed by atoms with van der Waals surface area (Å²) in [6, 6.07) is 0.724. The predicted molar refractivity (Wildman–Crippen MR) is 73.5 cm³/mol. The van der Waals surface area contributed by atoms with E-state index in [9.17, 15) is 5.11 Å². The van der Waals surface area contributed by atoms with Gasteiger partial charge in [0.05, 0.1) is 0 Å². The fraction of sp³-hybridized carbons (Fsp3) is 1.00. The summed E-state index contributed by atoms with van der Waals surface area (Å²) in [5, 5.41) is 18.9. The number of nitrogens with zero attached hydrogens (tertiary/aromatic N) is 1. The Labute approximate surface area is 111 Å². The van der Waals surface area contributed by atoms with Crippen molar-refractivity contribution < 1.29 is 10.2 Å². The molecule has 0 bridgehead atoms. The summed E-state index contributed by atoms with van der Waals surface area (Å²) in [5.74, 6) is 0. The van der Waals surface area contributed by atoms with Gasteiger partial charge in [-0.05, 0) is 32.1 Å². The molecule has 2 aliphatic rings. The summed E-state index contributed by atoms with van der Waals surface area (Å²) in [6.45, 7) is 2.68. The fourth-order valence-corrected chi connectivity index (χ4v) is 3.52. The Morgan fingerprint density at radius 1 is 1.00 bits per heavy atom. The zero-order chi connectivity index (χ0) is 12.8. The minimum Gasteiger partial charge on any atom is -0.396 e. The van der Waals surface area contributed by atoms with Crippen LogP contribution in [0.1, 0.15) is 57.8 Å². The van der Waals surface area contributed by atoms with Gasteiger partial charge in [0.1, 0.15) is 0 Å². The lowest BCUT2D eigenvalue weighted by Crippen LogP contribution is -2.49. The first-order valence-electron chi connectivity index (χ1n) is 7.75. The summed E-state index contributed by atoms with van der Waals surface area (Å²) >= 11 is 0. The van der Waals surface area contributed by atoms with Gasteiger partial charge in [0.2, 0.25) is 0 Å². The smallest absolute Gasteiger partial charge is 0.0499 e. The predicted octanol–water partition coefficient (Wildman–Crippen LogP) is 2.17. The zero-order valence-corrected chi connectivity index (χ0v) is 11.6. The number of aliphatic hydroxyl groups is 2. The van der Waals surface area contributed by atoms with E-state index >= 15 is 0 Å². The highest BCUT2D eigenvalue weighted by Crippen LogP contribution is 2.38. The normalized spacial score (nSPS) is 24.2. The minimum absolute atomic E-state index is 0.156. The molecule has 3 nitrogen and oxygen atoms in total. The van der Waals surface area contributed by atoms with E-state index in [0.717, 1.165) is 25.6 Å². The van der Waals surface area contributed by atoms with Crippen LogP contribution in [-0.2, 0) is 0 Å². The molecule has 18 heavy (non-hydrogen) atoms. The first-order chi connectivity index (χ1) is 8.79. The molecule has 2 fully saturated rings. The van der Waals surface area contributed by atoms with Crippen molar-refractivity contribution in [1.82, 2.24) is 4.90 Å². The average Bonchev–Trinajstić information content (AvgIpc) is 2.35. The Kier molecular flexibility index (Phi) is 5.46. The fourth-order valence-electron chi connectivity index (χ4n) is 3.52. The van der Waals surface area contributed by atoms with Gasteiger partial charge in [0.25, 0.3) is 0 Å². The van der Waals surface area contributed by atoms with Crippen molar-refractivity contribution in [3.8, 4) is 0 Å². The third kappa shape index (κ3) is 3.46. The number of aliphatic hydroxyl groups excluding tert-OH is 2. The highest BCUT2D eigenvalue weighted by molar-refractivity contribution is 4.89. The monoisotopic (exact) mass is 255 g/mol. The highest BCUT2D eigenvalue weighted by Gasteiger charge is 2.36. The molecule has 2 saturated carbocycles. The Balaban J connectivity index is 1.91. The van der Waals surface area contributed by atoms with Crippen molar-refractivity contribution in [1.29, 1.82) is 0 Å². The lowest BCUT2D eigenvalue weighted by Gasteiger charge is -2.45. The summed E-state index contributed by atoms with van der Waals surface area (Å²) in [4.78, 5) is 2.56. The molecular weight excluding hydrogens is 226 g/mol. The highest BCUT2D eigenvalue weighted by atomic mass is 16.3. The van der Waals surface area contributed by atoms with Crippen molar-refractivity contribution in [3.05, 3.63) is 0 Å². The molecule has 0 aromatic carbocycles. The van der Waals surface area contributed by atoms with Crippen LogP contribution in [0.15, 0.2) is 0 Å². The van der Waals surface area contributed by atoms with Crippen molar-refractivity contribution in [3.63, 3.8) is 0 Å². The van der Waals surface area contributed by atoms with Crippen LogP contribution in [0.2, 0.25) is 0 Å². The maximum absolute atomic E-state index is 9.81. The molecule has 0 aliphatic heterocycles. The molecule has 0 unspecified atom stereocenters. The van der Waals surface area contributed by atoms with Gasteiger partial charge in [-0.3, -0.25) is 4.90 Å². The second-order valence-electron chi connectivity index (χ2n) is 6.35. The Morgan fingerprint density at radius 3 is 2.22 bits per heavy atom. The van der Waals surface area contributed by atoms with Gasteiger partial charge >= 0.3 is 0 Å².